The molecule has 2 aromatic heterocycles. The van der Waals surface area contributed by atoms with Gasteiger partial charge in [0.2, 0.25) is 5.15 Å². The SMILES string of the molecule is C[n+]1c(N)nc(Cl)c2[nH]cnc21. The highest BCUT2D eigenvalue weighted by Gasteiger charge is 2.14. The second kappa shape index (κ2) is 2.31. The topological polar surface area (TPSA) is 71.5 Å². The van der Waals surface area contributed by atoms with Crippen molar-refractivity contribution < 1.29 is 4.57 Å². The van der Waals surface area contributed by atoms with Crippen molar-refractivity contribution in [2.75, 3.05) is 5.73 Å². The van der Waals surface area contributed by atoms with Crippen LogP contribution >= 0.6 is 11.6 Å². The summed E-state index contributed by atoms with van der Waals surface area (Å²) in [6.45, 7) is 0. The highest BCUT2D eigenvalue weighted by Crippen LogP contribution is 2.14. The van der Waals surface area contributed by atoms with Gasteiger partial charge in [0.25, 0.3) is 5.65 Å². The molecule has 0 atom stereocenters. The van der Waals surface area contributed by atoms with E-state index in [4.69, 9.17) is 17.3 Å². The van der Waals surface area contributed by atoms with Crippen LogP contribution in [-0.2, 0) is 7.05 Å². The van der Waals surface area contributed by atoms with Crippen LogP contribution in [0, 0.1) is 0 Å². The number of nitrogen functional groups attached to an aromatic ring is 1. The van der Waals surface area contributed by atoms with E-state index in [9.17, 15) is 0 Å². The van der Waals surface area contributed by atoms with E-state index in [1.54, 1.807) is 17.9 Å². The maximum absolute atomic E-state index is 5.80. The van der Waals surface area contributed by atoms with Crippen molar-refractivity contribution in [3.8, 4) is 0 Å². The third-order valence-electron chi connectivity index (χ3n) is 1.70. The van der Waals surface area contributed by atoms with E-state index in [0.29, 0.717) is 22.3 Å². The number of rotatable bonds is 0. The average Bonchev–Trinajstić information content (AvgIpc) is 2.48. The molecule has 0 aliphatic rings. The first-order valence-corrected chi connectivity index (χ1v) is 3.72. The average molecular weight is 185 g/mol. The van der Waals surface area contributed by atoms with Crippen molar-refractivity contribution in [2.24, 2.45) is 7.05 Å². The summed E-state index contributed by atoms with van der Waals surface area (Å²) in [5, 5.41) is 0.345. The number of hydrogen-bond acceptors (Lipinski definition) is 3. The van der Waals surface area contributed by atoms with Gasteiger partial charge in [-0.1, -0.05) is 4.98 Å². The van der Waals surface area contributed by atoms with Gasteiger partial charge in [0.05, 0.1) is 7.05 Å². The monoisotopic (exact) mass is 184 g/mol. The van der Waals surface area contributed by atoms with Crippen LogP contribution in [0.4, 0.5) is 5.95 Å². The van der Waals surface area contributed by atoms with E-state index >= 15 is 0 Å². The van der Waals surface area contributed by atoms with Gasteiger partial charge in [0.1, 0.15) is 0 Å². The van der Waals surface area contributed by atoms with Crippen molar-refractivity contribution in [1.82, 2.24) is 15.0 Å². The fourth-order valence-corrected chi connectivity index (χ4v) is 1.26. The molecule has 2 heterocycles. The van der Waals surface area contributed by atoms with Crippen LogP contribution < -0.4 is 10.3 Å². The van der Waals surface area contributed by atoms with E-state index < -0.39 is 0 Å². The molecule has 0 bridgehead atoms. The highest BCUT2D eigenvalue weighted by molar-refractivity contribution is 6.33. The van der Waals surface area contributed by atoms with E-state index in [2.05, 4.69) is 15.0 Å². The van der Waals surface area contributed by atoms with Gasteiger partial charge in [-0.05, 0) is 11.6 Å². The number of halogens is 1. The number of H-pyrrole nitrogens is 1. The third-order valence-corrected chi connectivity index (χ3v) is 1.97. The Balaban J connectivity index is 2.97. The molecule has 62 valence electrons. The number of imidazole rings is 1. The molecule has 5 nitrogen and oxygen atoms in total. The zero-order chi connectivity index (χ0) is 8.72. The van der Waals surface area contributed by atoms with Crippen LogP contribution in [0.2, 0.25) is 5.15 Å². The minimum Gasteiger partial charge on any atom is -0.328 e. The molecule has 0 aromatic carbocycles. The summed E-state index contributed by atoms with van der Waals surface area (Å²) in [5.41, 5.74) is 6.96. The standard InChI is InChI=1S/C6H6ClN5/c1-12-5-3(9-2-10-5)4(7)11-6(12)8/h2H,1H3,(H2,8,9,10,11)/p+1. The summed E-state index contributed by atoms with van der Waals surface area (Å²) < 4.78 is 1.66. The Kier molecular flexibility index (Phi) is 1.41. The van der Waals surface area contributed by atoms with Crippen molar-refractivity contribution in [2.45, 2.75) is 0 Å². The molecule has 0 saturated heterocycles. The van der Waals surface area contributed by atoms with Crippen molar-refractivity contribution in [3.63, 3.8) is 0 Å². The summed E-state index contributed by atoms with van der Waals surface area (Å²) in [7, 11) is 1.78. The lowest BCUT2D eigenvalue weighted by atomic mass is 10.5. The summed E-state index contributed by atoms with van der Waals surface area (Å²) in [5.74, 6) is 0.347. The Labute approximate surface area is 73.2 Å². The second-order valence-corrected chi connectivity index (χ2v) is 2.78. The van der Waals surface area contributed by atoms with Gasteiger partial charge in [-0.2, -0.15) is 0 Å². The number of fused-ring (bicyclic) bond motifs is 1. The van der Waals surface area contributed by atoms with Gasteiger partial charge in [-0.15, -0.1) is 4.98 Å². The van der Waals surface area contributed by atoms with Crippen LogP contribution in [0.15, 0.2) is 6.33 Å². The number of anilines is 1. The summed E-state index contributed by atoms with van der Waals surface area (Å²) in [4.78, 5) is 10.8. The van der Waals surface area contributed by atoms with E-state index in [1.165, 1.54) is 0 Å². The molecule has 6 heteroatoms. The van der Waals surface area contributed by atoms with Crippen molar-refractivity contribution in [3.05, 3.63) is 11.5 Å². The molecule has 0 fully saturated rings. The van der Waals surface area contributed by atoms with Crippen molar-refractivity contribution in [1.29, 1.82) is 0 Å². The molecule has 0 amide bonds. The van der Waals surface area contributed by atoms with E-state index in [-0.39, 0.29) is 0 Å². The van der Waals surface area contributed by atoms with Gasteiger partial charge >= 0.3 is 5.95 Å². The number of aryl methyl sites for hydroxylation is 1. The second-order valence-electron chi connectivity index (χ2n) is 2.42. The first-order valence-electron chi connectivity index (χ1n) is 3.34. The van der Waals surface area contributed by atoms with Crippen LogP contribution in [0.5, 0.6) is 0 Å². The molecular formula is C6H7ClN5+. The normalized spacial score (nSPS) is 10.8. The van der Waals surface area contributed by atoms with Crippen LogP contribution in [0.3, 0.4) is 0 Å². The highest BCUT2D eigenvalue weighted by atomic mass is 35.5. The molecule has 0 spiro atoms. The molecule has 0 saturated carbocycles. The summed E-state index contributed by atoms with van der Waals surface area (Å²) >= 11 is 5.80. The third kappa shape index (κ3) is 0.831. The molecule has 12 heavy (non-hydrogen) atoms. The molecule has 0 unspecified atom stereocenters. The number of aromatic nitrogens is 4. The first-order chi connectivity index (χ1) is 5.70. The first kappa shape index (κ1) is 7.30. The minimum absolute atomic E-state index is 0.345. The van der Waals surface area contributed by atoms with Crippen LogP contribution in [0.1, 0.15) is 0 Å². The van der Waals surface area contributed by atoms with Gasteiger partial charge in [0, 0.05) is 0 Å². The number of nitrogens with one attached hydrogen (secondary N) is 1. The predicted octanol–water partition coefficient (Wildman–Crippen LogP) is 0.0180. The number of aromatic amines is 1. The van der Waals surface area contributed by atoms with Crippen molar-refractivity contribution >= 4 is 28.7 Å². The maximum Gasteiger partial charge on any atom is 0.346 e. The van der Waals surface area contributed by atoms with Gasteiger partial charge in [-0.3, -0.25) is 0 Å². The van der Waals surface area contributed by atoms with E-state index in [0.717, 1.165) is 0 Å². The lowest BCUT2D eigenvalue weighted by Crippen LogP contribution is -2.34. The van der Waals surface area contributed by atoms with Gasteiger partial charge < -0.3 is 10.7 Å². The Morgan fingerprint density at radius 2 is 2.42 bits per heavy atom. The summed E-state index contributed by atoms with van der Waals surface area (Å²) in [6.07, 6.45) is 1.55. The summed E-state index contributed by atoms with van der Waals surface area (Å²) in [6, 6.07) is 0. The number of nitrogens with zero attached hydrogens (tertiary/aromatic N) is 3. The molecule has 0 aliphatic heterocycles. The quantitative estimate of drug-likeness (QED) is 0.448. The predicted molar refractivity (Wildman–Crippen MR) is 44.5 cm³/mol. The molecule has 3 N–H and O–H groups in total. The van der Waals surface area contributed by atoms with Crippen LogP contribution in [0.25, 0.3) is 11.2 Å². The zero-order valence-electron chi connectivity index (χ0n) is 6.37. The Bertz CT molecular complexity index is 435. The maximum atomic E-state index is 5.80. The molecule has 0 aliphatic carbocycles. The Hall–Kier alpha value is -1.36. The largest absolute Gasteiger partial charge is 0.346 e. The Morgan fingerprint density at radius 1 is 1.67 bits per heavy atom. The Morgan fingerprint density at radius 3 is 3.17 bits per heavy atom. The smallest absolute Gasteiger partial charge is 0.328 e. The molecular weight excluding hydrogens is 178 g/mol. The fourth-order valence-electron chi connectivity index (χ4n) is 1.03. The lowest BCUT2D eigenvalue weighted by molar-refractivity contribution is -0.634. The zero-order valence-corrected chi connectivity index (χ0v) is 7.13. The fraction of sp³-hybridized carbons (Fsp3) is 0.167. The van der Waals surface area contributed by atoms with Gasteiger partial charge in [-0.25, -0.2) is 4.57 Å². The number of hydrogen-bond donors (Lipinski definition) is 2. The number of nitrogens with two attached hydrogens (primary N) is 1. The minimum atomic E-state index is 0.345. The molecule has 2 aromatic rings. The lowest BCUT2D eigenvalue weighted by Gasteiger charge is -1.95. The molecule has 0 radical (unpaired) electrons. The van der Waals surface area contributed by atoms with Gasteiger partial charge in [0.15, 0.2) is 11.8 Å². The molecule has 2 rings (SSSR count). The van der Waals surface area contributed by atoms with Crippen LogP contribution in [-0.4, -0.2) is 15.0 Å². The van der Waals surface area contributed by atoms with E-state index in [1.807, 2.05) is 0 Å².